The summed E-state index contributed by atoms with van der Waals surface area (Å²) in [5.41, 5.74) is 3.39. The van der Waals surface area contributed by atoms with Crippen LogP contribution in [0, 0.1) is 6.92 Å². The lowest BCUT2D eigenvalue weighted by Crippen LogP contribution is -2.53. The molecular weight excluding hydrogens is 432 g/mol. The summed E-state index contributed by atoms with van der Waals surface area (Å²) < 4.78 is 5.26. The fourth-order valence-corrected chi connectivity index (χ4v) is 3.50. The predicted molar refractivity (Wildman–Crippen MR) is 128 cm³/mol. The Balaban J connectivity index is 1.70. The summed E-state index contributed by atoms with van der Waals surface area (Å²) in [5, 5.41) is 14.9. The molecule has 7 heteroatoms. The highest BCUT2D eigenvalue weighted by Gasteiger charge is 2.27. The van der Waals surface area contributed by atoms with Gasteiger partial charge in [-0.1, -0.05) is 84.9 Å². The van der Waals surface area contributed by atoms with Gasteiger partial charge in [-0.25, -0.2) is 9.59 Å². The molecule has 176 valence electrons. The summed E-state index contributed by atoms with van der Waals surface area (Å²) in [7, 11) is 0. The smallest absolute Gasteiger partial charge is 0.408 e. The Labute approximate surface area is 198 Å². The van der Waals surface area contributed by atoms with Crippen LogP contribution in [-0.2, 0) is 33.8 Å². The molecule has 0 heterocycles. The lowest BCUT2D eigenvalue weighted by Gasteiger charge is -2.22. The zero-order valence-corrected chi connectivity index (χ0v) is 18.9. The number of nitrogens with one attached hydrogen (secondary N) is 2. The van der Waals surface area contributed by atoms with E-state index in [1.807, 2.05) is 91.9 Å². The molecule has 0 spiro atoms. The van der Waals surface area contributed by atoms with Crippen molar-refractivity contribution in [3.63, 3.8) is 0 Å². The molecule has 2 atom stereocenters. The summed E-state index contributed by atoms with van der Waals surface area (Å²) in [4.78, 5) is 37.4. The van der Waals surface area contributed by atoms with E-state index in [4.69, 9.17) is 4.74 Å². The fraction of sp³-hybridized carbons (Fsp3) is 0.222. The summed E-state index contributed by atoms with van der Waals surface area (Å²) in [5.74, 6) is -1.75. The van der Waals surface area contributed by atoms with Gasteiger partial charge in [0.25, 0.3) is 0 Å². The van der Waals surface area contributed by atoms with Crippen molar-refractivity contribution in [2.45, 2.75) is 38.5 Å². The van der Waals surface area contributed by atoms with Gasteiger partial charge in [-0.3, -0.25) is 4.79 Å². The molecule has 0 unspecified atom stereocenters. The second-order valence-corrected chi connectivity index (χ2v) is 7.98. The number of hydrogen-bond donors (Lipinski definition) is 3. The van der Waals surface area contributed by atoms with Crippen molar-refractivity contribution in [1.29, 1.82) is 0 Å². The maximum Gasteiger partial charge on any atom is 0.408 e. The van der Waals surface area contributed by atoms with E-state index < -0.39 is 30.1 Å². The maximum absolute atomic E-state index is 13.1. The van der Waals surface area contributed by atoms with Crippen LogP contribution >= 0.6 is 0 Å². The van der Waals surface area contributed by atoms with E-state index >= 15 is 0 Å². The average Bonchev–Trinajstić information content (AvgIpc) is 2.84. The number of carboxylic acid groups (broad SMARTS) is 1. The zero-order valence-electron chi connectivity index (χ0n) is 18.9. The third-order valence-corrected chi connectivity index (χ3v) is 5.40. The van der Waals surface area contributed by atoms with Crippen LogP contribution < -0.4 is 10.6 Å². The minimum atomic E-state index is -1.15. The Morgan fingerprint density at radius 2 is 1.35 bits per heavy atom. The highest BCUT2D eigenvalue weighted by molar-refractivity contribution is 5.89. The van der Waals surface area contributed by atoms with Gasteiger partial charge in [0.05, 0.1) is 0 Å². The molecule has 3 aromatic rings. The molecule has 3 rings (SSSR count). The molecule has 0 bridgehead atoms. The van der Waals surface area contributed by atoms with E-state index in [0.29, 0.717) is 0 Å². The number of amides is 2. The van der Waals surface area contributed by atoms with Gasteiger partial charge in [-0.05, 0) is 29.2 Å². The summed E-state index contributed by atoms with van der Waals surface area (Å²) in [6.45, 7) is 1.94. The maximum atomic E-state index is 13.1. The molecule has 3 N–H and O–H groups in total. The van der Waals surface area contributed by atoms with Crippen LogP contribution in [0.4, 0.5) is 4.79 Å². The Bertz CT molecular complexity index is 1100. The second kappa shape index (κ2) is 12.2. The number of carbonyl (C=O) groups excluding carboxylic acids is 2. The molecule has 0 aromatic heterocycles. The summed E-state index contributed by atoms with van der Waals surface area (Å²) in [6, 6.07) is 23.6. The minimum absolute atomic E-state index is 0.0530. The van der Waals surface area contributed by atoms with Gasteiger partial charge >= 0.3 is 12.1 Å². The Morgan fingerprint density at radius 3 is 1.97 bits per heavy atom. The second-order valence-electron chi connectivity index (χ2n) is 7.98. The topological polar surface area (TPSA) is 105 Å². The van der Waals surface area contributed by atoms with Gasteiger partial charge in [-0.2, -0.15) is 0 Å². The van der Waals surface area contributed by atoms with Crippen LogP contribution in [0.25, 0.3) is 0 Å². The molecule has 0 saturated carbocycles. The van der Waals surface area contributed by atoms with Crippen molar-refractivity contribution in [3.8, 4) is 0 Å². The molecule has 0 aliphatic heterocycles. The normalized spacial score (nSPS) is 12.3. The number of rotatable bonds is 10. The van der Waals surface area contributed by atoms with Crippen molar-refractivity contribution in [2.75, 3.05) is 0 Å². The van der Waals surface area contributed by atoms with Gasteiger partial charge in [0, 0.05) is 12.8 Å². The number of aliphatic carboxylic acids is 1. The summed E-state index contributed by atoms with van der Waals surface area (Å²) in [6.07, 6.45) is -0.445. The minimum Gasteiger partial charge on any atom is -0.480 e. The van der Waals surface area contributed by atoms with Crippen molar-refractivity contribution in [1.82, 2.24) is 10.6 Å². The quantitative estimate of drug-likeness (QED) is 0.428. The van der Waals surface area contributed by atoms with Gasteiger partial charge < -0.3 is 20.5 Å². The number of carboxylic acids is 1. The number of carbonyl (C=O) groups is 3. The van der Waals surface area contributed by atoms with Gasteiger partial charge in [-0.15, -0.1) is 0 Å². The van der Waals surface area contributed by atoms with Crippen molar-refractivity contribution in [3.05, 3.63) is 107 Å². The third kappa shape index (κ3) is 7.48. The lowest BCUT2D eigenvalue weighted by atomic mass is 10.00. The standard InChI is InChI=1S/C27H28N2O5/c1-19-10-8-9-15-22(19)17-24(26(31)32)28-25(30)23(16-20-11-4-2-5-12-20)29-27(33)34-18-21-13-6-3-7-14-21/h2-15,23-24H,16-18H2,1H3,(H,28,30)(H,29,33)(H,31,32)/t23-,24-/m1/s1. The molecular formula is C27H28N2O5. The molecule has 0 radical (unpaired) electrons. The first-order valence-electron chi connectivity index (χ1n) is 11.0. The van der Waals surface area contributed by atoms with E-state index in [1.165, 1.54) is 0 Å². The van der Waals surface area contributed by atoms with E-state index in [2.05, 4.69) is 10.6 Å². The van der Waals surface area contributed by atoms with Crippen molar-refractivity contribution in [2.24, 2.45) is 0 Å². The Morgan fingerprint density at radius 1 is 0.765 bits per heavy atom. The SMILES string of the molecule is Cc1ccccc1C[C@@H](NC(=O)[C@@H](Cc1ccccc1)NC(=O)OCc1ccccc1)C(=O)O. The molecule has 7 nitrogen and oxygen atoms in total. The van der Waals surface area contributed by atoms with Gasteiger partial charge in [0.15, 0.2) is 0 Å². The van der Waals surface area contributed by atoms with Crippen molar-refractivity contribution >= 4 is 18.0 Å². The summed E-state index contributed by atoms with van der Waals surface area (Å²) >= 11 is 0. The molecule has 0 aliphatic rings. The average molecular weight is 461 g/mol. The predicted octanol–water partition coefficient (Wildman–Crippen LogP) is 3.64. The van der Waals surface area contributed by atoms with E-state index in [-0.39, 0.29) is 19.4 Å². The van der Waals surface area contributed by atoms with E-state index in [0.717, 1.165) is 22.3 Å². The number of alkyl carbamates (subject to hydrolysis) is 1. The Kier molecular flexibility index (Phi) is 8.80. The number of aryl methyl sites for hydroxylation is 1. The molecule has 0 fully saturated rings. The van der Waals surface area contributed by atoms with Crippen LogP contribution in [0.3, 0.4) is 0 Å². The van der Waals surface area contributed by atoms with Crippen LogP contribution in [-0.4, -0.2) is 35.2 Å². The number of hydrogen-bond acceptors (Lipinski definition) is 4. The molecule has 0 aliphatic carbocycles. The number of ether oxygens (including phenoxy) is 1. The first-order chi connectivity index (χ1) is 16.4. The first-order valence-corrected chi connectivity index (χ1v) is 11.0. The third-order valence-electron chi connectivity index (χ3n) is 5.40. The van der Waals surface area contributed by atoms with Crippen LogP contribution in [0.5, 0.6) is 0 Å². The highest BCUT2D eigenvalue weighted by Crippen LogP contribution is 2.11. The molecule has 2 amide bonds. The van der Waals surface area contributed by atoms with Crippen LogP contribution in [0.1, 0.15) is 22.3 Å². The lowest BCUT2D eigenvalue weighted by molar-refractivity contribution is -0.142. The van der Waals surface area contributed by atoms with E-state index in [1.54, 1.807) is 0 Å². The van der Waals surface area contributed by atoms with Crippen LogP contribution in [0.2, 0.25) is 0 Å². The molecule has 3 aromatic carbocycles. The van der Waals surface area contributed by atoms with Gasteiger partial charge in [0.2, 0.25) is 5.91 Å². The first kappa shape index (κ1) is 24.5. The van der Waals surface area contributed by atoms with Gasteiger partial charge in [0.1, 0.15) is 18.7 Å². The fourth-order valence-electron chi connectivity index (χ4n) is 3.50. The largest absolute Gasteiger partial charge is 0.480 e. The number of benzene rings is 3. The highest BCUT2D eigenvalue weighted by atomic mass is 16.5. The molecule has 34 heavy (non-hydrogen) atoms. The molecule has 0 saturated heterocycles. The zero-order chi connectivity index (χ0) is 24.3. The van der Waals surface area contributed by atoms with E-state index in [9.17, 15) is 19.5 Å². The van der Waals surface area contributed by atoms with Crippen LogP contribution in [0.15, 0.2) is 84.9 Å². The van der Waals surface area contributed by atoms with Crippen molar-refractivity contribution < 1.29 is 24.2 Å². The Hall–Kier alpha value is -4.13. The monoisotopic (exact) mass is 460 g/mol.